The summed E-state index contributed by atoms with van der Waals surface area (Å²) in [5.74, 6) is 0. The van der Waals surface area contributed by atoms with E-state index in [0.29, 0.717) is 6.04 Å². The fraction of sp³-hybridized carbons (Fsp3) is 1.00. The Morgan fingerprint density at radius 3 is 2.72 bits per heavy atom. The van der Waals surface area contributed by atoms with Crippen molar-refractivity contribution in [3.8, 4) is 0 Å². The lowest BCUT2D eigenvalue weighted by atomic mass is 10.1. The van der Waals surface area contributed by atoms with Crippen LogP contribution in [-0.2, 0) is 4.74 Å². The predicted octanol–water partition coefficient (Wildman–Crippen LogP) is 0.910. The van der Waals surface area contributed by atoms with Crippen LogP contribution in [0.3, 0.4) is 0 Å². The zero-order valence-corrected chi connectivity index (χ0v) is 11.8. The molecule has 4 nitrogen and oxygen atoms in total. The van der Waals surface area contributed by atoms with Crippen LogP contribution in [0.5, 0.6) is 0 Å². The number of hydrogen-bond donors (Lipinski definition) is 1. The summed E-state index contributed by atoms with van der Waals surface area (Å²) in [7, 11) is 0. The van der Waals surface area contributed by atoms with Gasteiger partial charge in [-0.25, -0.2) is 0 Å². The van der Waals surface area contributed by atoms with Crippen LogP contribution in [0.1, 0.15) is 32.6 Å². The summed E-state index contributed by atoms with van der Waals surface area (Å²) in [5.41, 5.74) is 5.77. The van der Waals surface area contributed by atoms with Gasteiger partial charge in [0.2, 0.25) is 0 Å². The van der Waals surface area contributed by atoms with E-state index >= 15 is 0 Å². The summed E-state index contributed by atoms with van der Waals surface area (Å²) in [4.78, 5) is 5.24. The lowest BCUT2D eigenvalue weighted by molar-refractivity contribution is 0.0185. The SMILES string of the molecule is CC(N)CCCCN1CCC(N2CCOCC2)C1. The fourth-order valence-corrected chi connectivity index (χ4v) is 3.06. The van der Waals surface area contributed by atoms with Gasteiger partial charge < -0.3 is 15.4 Å². The molecule has 4 heteroatoms. The highest BCUT2D eigenvalue weighted by molar-refractivity contribution is 4.84. The fourth-order valence-electron chi connectivity index (χ4n) is 3.06. The van der Waals surface area contributed by atoms with E-state index in [9.17, 15) is 0 Å². The smallest absolute Gasteiger partial charge is 0.0594 e. The Morgan fingerprint density at radius 1 is 1.22 bits per heavy atom. The van der Waals surface area contributed by atoms with Crippen molar-refractivity contribution in [2.45, 2.75) is 44.7 Å². The van der Waals surface area contributed by atoms with Gasteiger partial charge in [0.25, 0.3) is 0 Å². The van der Waals surface area contributed by atoms with Crippen molar-refractivity contribution in [2.75, 3.05) is 45.9 Å². The minimum Gasteiger partial charge on any atom is -0.379 e. The molecular weight excluding hydrogens is 226 g/mol. The maximum absolute atomic E-state index is 5.77. The monoisotopic (exact) mass is 255 g/mol. The molecule has 0 saturated carbocycles. The third kappa shape index (κ3) is 4.50. The molecule has 0 spiro atoms. The highest BCUT2D eigenvalue weighted by Crippen LogP contribution is 2.17. The van der Waals surface area contributed by atoms with Gasteiger partial charge in [-0.15, -0.1) is 0 Å². The summed E-state index contributed by atoms with van der Waals surface area (Å²) in [6.07, 6.45) is 5.09. The Morgan fingerprint density at radius 2 is 2.00 bits per heavy atom. The van der Waals surface area contributed by atoms with Crippen molar-refractivity contribution in [3.63, 3.8) is 0 Å². The molecule has 2 atom stereocenters. The van der Waals surface area contributed by atoms with Crippen LogP contribution in [0.4, 0.5) is 0 Å². The quantitative estimate of drug-likeness (QED) is 0.716. The molecule has 0 aromatic carbocycles. The average Bonchev–Trinajstić information content (AvgIpc) is 2.84. The number of morpholine rings is 1. The maximum Gasteiger partial charge on any atom is 0.0594 e. The normalized spacial score (nSPS) is 28.7. The number of ether oxygens (including phenoxy) is 1. The summed E-state index contributed by atoms with van der Waals surface area (Å²) < 4.78 is 5.42. The maximum atomic E-state index is 5.77. The first kappa shape index (κ1) is 14.3. The van der Waals surface area contributed by atoms with Crippen molar-refractivity contribution < 1.29 is 4.74 Å². The van der Waals surface area contributed by atoms with Gasteiger partial charge in [-0.1, -0.05) is 6.42 Å². The van der Waals surface area contributed by atoms with E-state index in [1.54, 1.807) is 0 Å². The van der Waals surface area contributed by atoms with Gasteiger partial charge in [0.05, 0.1) is 13.2 Å². The van der Waals surface area contributed by atoms with E-state index in [-0.39, 0.29) is 0 Å². The Balaban J connectivity index is 1.59. The van der Waals surface area contributed by atoms with Crippen LogP contribution in [0.2, 0.25) is 0 Å². The number of nitrogens with zero attached hydrogens (tertiary/aromatic N) is 2. The summed E-state index contributed by atoms with van der Waals surface area (Å²) in [6.45, 7) is 10.00. The van der Waals surface area contributed by atoms with Gasteiger partial charge in [-0.2, -0.15) is 0 Å². The zero-order valence-electron chi connectivity index (χ0n) is 11.8. The number of likely N-dealkylation sites (tertiary alicyclic amines) is 1. The first-order chi connectivity index (χ1) is 8.75. The molecule has 0 aliphatic carbocycles. The number of unbranched alkanes of at least 4 members (excludes halogenated alkanes) is 1. The minimum atomic E-state index is 0.365. The molecule has 2 N–H and O–H groups in total. The molecule has 0 aromatic heterocycles. The molecule has 0 amide bonds. The number of rotatable bonds is 6. The van der Waals surface area contributed by atoms with Crippen molar-refractivity contribution >= 4 is 0 Å². The first-order valence-electron chi connectivity index (χ1n) is 7.55. The Labute approximate surface area is 111 Å². The molecule has 2 saturated heterocycles. The Bertz CT molecular complexity index is 229. The second-order valence-corrected chi connectivity index (χ2v) is 5.86. The van der Waals surface area contributed by atoms with E-state index in [1.165, 1.54) is 45.3 Å². The van der Waals surface area contributed by atoms with Gasteiger partial charge in [0.15, 0.2) is 0 Å². The Kier molecular flexibility index (Phi) is 5.89. The third-order valence-corrected chi connectivity index (χ3v) is 4.19. The van der Waals surface area contributed by atoms with Gasteiger partial charge in [0, 0.05) is 31.7 Å². The molecule has 18 heavy (non-hydrogen) atoms. The van der Waals surface area contributed by atoms with Crippen LogP contribution >= 0.6 is 0 Å². The number of hydrogen-bond acceptors (Lipinski definition) is 4. The summed E-state index contributed by atoms with van der Waals surface area (Å²) in [5, 5.41) is 0. The van der Waals surface area contributed by atoms with Gasteiger partial charge in [0.1, 0.15) is 0 Å². The van der Waals surface area contributed by atoms with E-state index in [2.05, 4.69) is 16.7 Å². The van der Waals surface area contributed by atoms with E-state index < -0.39 is 0 Å². The van der Waals surface area contributed by atoms with E-state index in [1.807, 2.05) is 0 Å². The van der Waals surface area contributed by atoms with Crippen molar-refractivity contribution in [3.05, 3.63) is 0 Å². The van der Waals surface area contributed by atoms with Crippen LogP contribution in [0.15, 0.2) is 0 Å². The molecule has 2 aliphatic heterocycles. The second kappa shape index (κ2) is 7.43. The lowest BCUT2D eigenvalue weighted by Gasteiger charge is -2.32. The van der Waals surface area contributed by atoms with Crippen LogP contribution in [-0.4, -0.2) is 67.8 Å². The van der Waals surface area contributed by atoms with E-state index in [0.717, 1.165) is 32.3 Å². The first-order valence-corrected chi connectivity index (χ1v) is 7.55. The van der Waals surface area contributed by atoms with Crippen LogP contribution in [0.25, 0.3) is 0 Å². The molecular formula is C14H29N3O. The van der Waals surface area contributed by atoms with Crippen molar-refractivity contribution in [2.24, 2.45) is 5.73 Å². The van der Waals surface area contributed by atoms with Gasteiger partial charge in [-0.05, 0) is 39.3 Å². The van der Waals surface area contributed by atoms with Crippen molar-refractivity contribution in [1.29, 1.82) is 0 Å². The van der Waals surface area contributed by atoms with Gasteiger partial charge in [-0.3, -0.25) is 4.90 Å². The van der Waals surface area contributed by atoms with E-state index in [4.69, 9.17) is 10.5 Å². The van der Waals surface area contributed by atoms with Crippen LogP contribution in [0, 0.1) is 0 Å². The average molecular weight is 255 g/mol. The molecule has 2 unspecified atom stereocenters. The standard InChI is InChI=1S/C14H29N3O/c1-13(15)4-2-3-6-16-7-5-14(12-16)17-8-10-18-11-9-17/h13-14H,2-12,15H2,1H3. The Hall–Kier alpha value is -0.160. The largest absolute Gasteiger partial charge is 0.379 e. The molecule has 2 aliphatic rings. The summed E-state index contributed by atoms with van der Waals surface area (Å²) in [6, 6.07) is 1.15. The van der Waals surface area contributed by atoms with Crippen molar-refractivity contribution in [1.82, 2.24) is 9.80 Å². The predicted molar refractivity (Wildman–Crippen MR) is 74.7 cm³/mol. The molecule has 2 fully saturated rings. The topological polar surface area (TPSA) is 41.7 Å². The summed E-state index contributed by atoms with van der Waals surface area (Å²) >= 11 is 0. The number of nitrogens with two attached hydrogens (primary N) is 1. The highest BCUT2D eigenvalue weighted by Gasteiger charge is 2.28. The minimum absolute atomic E-state index is 0.365. The lowest BCUT2D eigenvalue weighted by Crippen LogP contribution is -2.44. The third-order valence-electron chi connectivity index (χ3n) is 4.19. The highest BCUT2D eigenvalue weighted by atomic mass is 16.5. The molecule has 106 valence electrons. The molecule has 0 bridgehead atoms. The molecule has 2 rings (SSSR count). The molecule has 0 aromatic rings. The molecule has 2 heterocycles. The second-order valence-electron chi connectivity index (χ2n) is 5.86. The van der Waals surface area contributed by atoms with Crippen LogP contribution < -0.4 is 5.73 Å². The zero-order chi connectivity index (χ0) is 12.8. The molecule has 0 radical (unpaired) electrons. The van der Waals surface area contributed by atoms with Gasteiger partial charge >= 0.3 is 0 Å².